The number of hydrogen-bond donors (Lipinski definition) is 1. The van der Waals surface area contributed by atoms with Crippen molar-refractivity contribution < 1.29 is 9.32 Å². The quantitative estimate of drug-likeness (QED) is 0.860. The van der Waals surface area contributed by atoms with Gasteiger partial charge in [0, 0.05) is 36.3 Å². The molecule has 2 aliphatic rings. The monoisotopic (exact) mass is 373 g/mol. The van der Waals surface area contributed by atoms with E-state index in [0.29, 0.717) is 16.3 Å². The molecule has 4 rings (SSSR count). The molecule has 1 N–H and O–H groups in total. The highest BCUT2D eigenvalue weighted by molar-refractivity contribution is 6.30. The van der Waals surface area contributed by atoms with Gasteiger partial charge in [-0.15, -0.1) is 0 Å². The number of hydrogen-bond acceptors (Lipinski definition) is 4. The molecule has 2 fully saturated rings. The fraction of sp³-hybridized carbons (Fsp3) is 0.500. The Bertz CT molecular complexity index is 753. The smallest absolute Gasteiger partial charge is 0.257 e. The number of likely N-dealkylation sites (tertiary alicyclic amines) is 1. The van der Waals surface area contributed by atoms with Gasteiger partial charge >= 0.3 is 0 Å². The molecule has 1 amide bonds. The topological polar surface area (TPSA) is 58.4 Å². The lowest BCUT2D eigenvalue weighted by atomic mass is 10.1. The summed E-state index contributed by atoms with van der Waals surface area (Å²) in [5.41, 5.74) is 1.27. The molecule has 26 heavy (non-hydrogen) atoms. The number of halogens is 1. The first-order valence-corrected chi connectivity index (χ1v) is 9.80. The highest BCUT2D eigenvalue weighted by Gasteiger charge is 2.28. The zero-order valence-electron chi connectivity index (χ0n) is 14.8. The SMILES string of the molecule is O=C(N[C@H]1CCN(CC2CCCC2)C1)c1cnoc1-c1ccc(Cl)cc1. The minimum Gasteiger partial charge on any atom is -0.355 e. The number of nitrogens with zero attached hydrogens (tertiary/aromatic N) is 2. The number of amides is 1. The van der Waals surface area contributed by atoms with Gasteiger partial charge in [0.2, 0.25) is 0 Å². The summed E-state index contributed by atoms with van der Waals surface area (Å²) in [5, 5.41) is 7.62. The van der Waals surface area contributed by atoms with E-state index in [1.54, 1.807) is 12.1 Å². The molecule has 1 aromatic carbocycles. The Morgan fingerprint density at radius 2 is 2.00 bits per heavy atom. The number of carbonyl (C=O) groups excluding carboxylic acids is 1. The number of rotatable bonds is 5. The lowest BCUT2D eigenvalue weighted by molar-refractivity contribution is 0.0937. The summed E-state index contributed by atoms with van der Waals surface area (Å²) in [6.07, 6.45) is 7.96. The van der Waals surface area contributed by atoms with Crippen LogP contribution in [0.5, 0.6) is 0 Å². The molecule has 138 valence electrons. The third-order valence-corrected chi connectivity index (χ3v) is 5.77. The Labute approximate surface area is 158 Å². The Morgan fingerprint density at radius 1 is 1.23 bits per heavy atom. The van der Waals surface area contributed by atoms with Gasteiger partial charge in [-0.1, -0.05) is 29.6 Å². The van der Waals surface area contributed by atoms with Crippen LogP contribution in [0.4, 0.5) is 0 Å². The van der Waals surface area contributed by atoms with Crippen LogP contribution in [-0.4, -0.2) is 41.6 Å². The van der Waals surface area contributed by atoms with Gasteiger partial charge in [-0.05, 0) is 49.4 Å². The molecule has 6 heteroatoms. The Balaban J connectivity index is 1.37. The number of aromatic nitrogens is 1. The van der Waals surface area contributed by atoms with E-state index in [9.17, 15) is 4.79 Å². The molecule has 1 aromatic heterocycles. The summed E-state index contributed by atoms with van der Waals surface area (Å²) in [6.45, 7) is 3.18. The van der Waals surface area contributed by atoms with Crippen molar-refractivity contribution in [3.63, 3.8) is 0 Å². The van der Waals surface area contributed by atoms with E-state index in [-0.39, 0.29) is 11.9 Å². The predicted molar refractivity (Wildman–Crippen MR) is 101 cm³/mol. The molecular formula is C20H24ClN3O2. The molecule has 2 heterocycles. The van der Waals surface area contributed by atoms with Crippen LogP contribution in [0.15, 0.2) is 35.0 Å². The van der Waals surface area contributed by atoms with E-state index in [0.717, 1.165) is 31.0 Å². The molecule has 1 saturated heterocycles. The third kappa shape index (κ3) is 3.94. The lowest BCUT2D eigenvalue weighted by Crippen LogP contribution is -2.37. The summed E-state index contributed by atoms with van der Waals surface area (Å²) < 4.78 is 5.32. The minimum absolute atomic E-state index is 0.121. The van der Waals surface area contributed by atoms with Gasteiger partial charge in [0.05, 0.1) is 6.20 Å². The fourth-order valence-corrected chi connectivity index (χ4v) is 4.27. The standard InChI is InChI=1S/C20H24ClN3O2/c21-16-7-5-15(6-8-16)19-18(11-22-26-19)20(25)23-17-9-10-24(13-17)12-14-3-1-2-4-14/h5-8,11,14,17H,1-4,9-10,12-13H2,(H,23,25)/t17-/m0/s1. The van der Waals surface area contributed by atoms with Crippen molar-refractivity contribution in [1.29, 1.82) is 0 Å². The van der Waals surface area contributed by atoms with Crippen molar-refractivity contribution in [3.05, 3.63) is 41.0 Å². The highest BCUT2D eigenvalue weighted by atomic mass is 35.5. The Hall–Kier alpha value is -1.85. The van der Waals surface area contributed by atoms with Crippen molar-refractivity contribution >= 4 is 17.5 Å². The van der Waals surface area contributed by atoms with Gasteiger partial charge in [-0.3, -0.25) is 4.79 Å². The lowest BCUT2D eigenvalue weighted by Gasteiger charge is -2.20. The molecule has 0 unspecified atom stereocenters. The molecule has 0 bridgehead atoms. The van der Waals surface area contributed by atoms with E-state index in [2.05, 4.69) is 15.4 Å². The zero-order valence-corrected chi connectivity index (χ0v) is 15.5. The molecule has 5 nitrogen and oxygen atoms in total. The molecule has 0 spiro atoms. The van der Waals surface area contributed by atoms with E-state index >= 15 is 0 Å². The fourth-order valence-electron chi connectivity index (χ4n) is 4.15. The summed E-state index contributed by atoms with van der Waals surface area (Å²) in [5.74, 6) is 1.21. The van der Waals surface area contributed by atoms with Crippen LogP contribution in [-0.2, 0) is 0 Å². The van der Waals surface area contributed by atoms with Crippen LogP contribution < -0.4 is 5.32 Å². The Morgan fingerprint density at radius 3 is 2.77 bits per heavy atom. The highest BCUT2D eigenvalue weighted by Crippen LogP contribution is 2.27. The minimum atomic E-state index is -0.121. The number of benzene rings is 1. The van der Waals surface area contributed by atoms with Crippen molar-refractivity contribution in [2.24, 2.45) is 5.92 Å². The maximum atomic E-state index is 12.7. The second-order valence-corrected chi connectivity index (χ2v) is 7.88. The second-order valence-electron chi connectivity index (χ2n) is 7.44. The van der Waals surface area contributed by atoms with Crippen LogP contribution >= 0.6 is 11.6 Å². The van der Waals surface area contributed by atoms with Crippen LogP contribution in [0.1, 0.15) is 42.5 Å². The van der Waals surface area contributed by atoms with Crippen molar-refractivity contribution in [2.45, 2.75) is 38.1 Å². The molecule has 1 aliphatic carbocycles. The van der Waals surface area contributed by atoms with E-state index in [1.807, 2.05) is 12.1 Å². The van der Waals surface area contributed by atoms with Gasteiger partial charge in [0.15, 0.2) is 5.76 Å². The zero-order chi connectivity index (χ0) is 17.9. The first-order chi connectivity index (χ1) is 12.7. The first-order valence-electron chi connectivity index (χ1n) is 9.43. The van der Waals surface area contributed by atoms with Gasteiger partial charge in [-0.25, -0.2) is 0 Å². The number of carbonyl (C=O) groups is 1. The van der Waals surface area contributed by atoms with Gasteiger partial charge < -0.3 is 14.7 Å². The van der Waals surface area contributed by atoms with Crippen LogP contribution in [0, 0.1) is 5.92 Å². The molecule has 2 aromatic rings. The van der Waals surface area contributed by atoms with Gasteiger partial charge in [0.1, 0.15) is 5.56 Å². The third-order valence-electron chi connectivity index (χ3n) is 5.52. The Kier molecular flexibility index (Phi) is 5.27. The molecule has 1 atom stereocenters. The summed E-state index contributed by atoms with van der Waals surface area (Å²) >= 11 is 5.93. The van der Waals surface area contributed by atoms with Gasteiger partial charge in [-0.2, -0.15) is 0 Å². The molecule has 1 aliphatic heterocycles. The van der Waals surface area contributed by atoms with Crippen LogP contribution in [0.3, 0.4) is 0 Å². The summed E-state index contributed by atoms with van der Waals surface area (Å²) in [4.78, 5) is 15.2. The largest absolute Gasteiger partial charge is 0.355 e. The maximum absolute atomic E-state index is 12.7. The van der Waals surface area contributed by atoms with Crippen LogP contribution in [0.2, 0.25) is 5.02 Å². The van der Waals surface area contributed by atoms with E-state index in [1.165, 1.54) is 38.4 Å². The average Bonchev–Trinajstić information content (AvgIpc) is 3.38. The van der Waals surface area contributed by atoms with Gasteiger partial charge in [0.25, 0.3) is 5.91 Å². The van der Waals surface area contributed by atoms with Crippen molar-refractivity contribution in [3.8, 4) is 11.3 Å². The predicted octanol–water partition coefficient (Wildman–Crippen LogP) is 3.99. The average molecular weight is 374 g/mol. The van der Waals surface area contributed by atoms with E-state index < -0.39 is 0 Å². The van der Waals surface area contributed by atoms with Crippen LogP contribution in [0.25, 0.3) is 11.3 Å². The normalized spacial score (nSPS) is 21.3. The van der Waals surface area contributed by atoms with Crippen molar-refractivity contribution in [1.82, 2.24) is 15.4 Å². The second kappa shape index (κ2) is 7.80. The molecule has 0 radical (unpaired) electrons. The molecular weight excluding hydrogens is 350 g/mol. The summed E-state index contributed by atoms with van der Waals surface area (Å²) in [6, 6.07) is 7.41. The number of nitrogens with one attached hydrogen (secondary N) is 1. The molecule has 1 saturated carbocycles. The van der Waals surface area contributed by atoms with Crippen molar-refractivity contribution in [2.75, 3.05) is 19.6 Å². The van der Waals surface area contributed by atoms with E-state index in [4.69, 9.17) is 16.1 Å². The summed E-state index contributed by atoms with van der Waals surface area (Å²) in [7, 11) is 0. The first kappa shape index (κ1) is 17.6. The maximum Gasteiger partial charge on any atom is 0.257 e.